The summed E-state index contributed by atoms with van der Waals surface area (Å²) in [4.78, 5) is 24.2. The molecule has 0 spiro atoms. The molecule has 2 aromatic carbocycles. The Morgan fingerprint density at radius 3 is 2.22 bits per heavy atom. The molecule has 0 atom stereocenters. The third-order valence-electron chi connectivity index (χ3n) is 5.80. The average molecular weight is 457 g/mol. The molecule has 0 aliphatic carbocycles. The molecule has 0 aromatic heterocycles. The third kappa shape index (κ3) is 6.09. The Bertz CT molecular complexity index is 904. The largest absolute Gasteiger partial charge is 0.383 e. The van der Waals surface area contributed by atoms with E-state index in [-0.39, 0.29) is 5.91 Å². The van der Waals surface area contributed by atoms with Gasteiger partial charge in [-0.1, -0.05) is 35.9 Å². The van der Waals surface area contributed by atoms with Crippen molar-refractivity contribution in [3.05, 3.63) is 64.7 Å². The summed E-state index contributed by atoms with van der Waals surface area (Å²) in [5.74, 6) is 0.934. The van der Waals surface area contributed by atoms with E-state index < -0.39 is 0 Å². The summed E-state index contributed by atoms with van der Waals surface area (Å²) in [6, 6.07) is 15.4. The predicted octanol–water partition coefficient (Wildman–Crippen LogP) is 4.16. The van der Waals surface area contributed by atoms with Crippen molar-refractivity contribution in [3.8, 4) is 0 Å². The van der Waals surface area contributed by atoms with Gasteiger partial charge in [-0.3, -0.25) is 9.69 Å². The molecule has 0 radical (unpaired) electrons. The lowest BCUT2D eigenvalue weighted by atomic mass is 10.1. The Kier molecular flexibility index (Phi) is 9.09. The fourth-order valence-corrected chi connectivity index (χ4v) is 4.01. The molecule has 172 valence electrons. The van der Waals surface area contributed by atoms with Gasteiger partial charge in [0, 0.05) is 64.0 Å². The minimum atomic E-state index is 0.0536. The highest BCUT2D eigenvalue weighted by Gasteiger charge is 2.22. The number of benzene rings is 2. The Morgan fingerprint density at radius 2 is 1.62 bits per heavy atom. The highest BCUT2D eigenvalue weighted by Crippen LogP contribution is 2.26. The number of amidine groups is 1. The van der Waals surface area contributed by atoms with Crippen molar-refractivity contribution in [3.63, 3.8) is 0 Å². The van der Waals surface area contributed by atoms with Crippen LogP contribution in [0.15, 0.2) is 53.5 Å². The van der Waals surface area contributed by atoms with Gasteiger partial charge in [-0.2, -0.15) is 0 Å². The number of hydrogen-bond acceptors (Lipinski definition) is 4. The molecule has 0 bridgehead atoms. The summed E-state index contributed by atoms with van der Waals surface area (Å²) in [6.07, 6.45) is 0. The monoisotopic (exact) mass is 456 g/mol. The van der Waals surface area contributed by atoms with E-state index in [1.807, 2.05) is 67.3 Å². The van der Waals surface area contributed by atoms with Gasteiger partial charge in [0.2, 0.25) is 0 Å². The van der Waals surface area contributed by atoms with Crippen LogP contribution in [0.3, 0.4) is 0 Å². The number of hydrogen-bond donors (Lipinski definition) is 0. The van der Waals surface area contributed by atoms with Gasteiger partial charge in [-0.05, 0) is 38.1 Å². The number of nitrogens with zero attached hydrogens (tertiary/aromatic N) is 4. The number of piperazine rings is 1. The van der Waals surface area contributed by atoms with Crippen molar-refractivity contribution in [2.24, 2.45) is 4.99 Å². The number of rotatable bonds is 8. The van der Waals surface area contributed by atoms with Crippen molar-refractivity contribution >= 4 is 29.0 Å². The number of carbonyl (C=O) groups is 1. The third-order valence-corrected chi connectivity index (χ3v) is 6.12. The van der Waals surface area contributed by atoms with Gasteiger partial charge in [0.15, 0.2) is 0 Å². The standard InChI is InChI=1S/C25H33ClN4O2/c1-4-29(5-2)25(31)21-12-10-20(11-13-21)24(27-23-9-7-6-8-22(23)26)30-16-14-28(15-17-30)18-19-32-3/h6-13H,4-5,14-19H2,1-3H3/b27-24-. The first-order chi connectivity index (χ1) is 15.6. The molecule has 0 N–H and O–H groups in total. The minimum absolute atomic E-state index is 0.0536. The number of amides is 1. The van der Waals surface area contributed by atoms with Crippen molar-refractivity contribution in [2.75, 3.05) is 59.5 Å². The molecule has 1 aliphatic rings. The quantitative estimate of drug-likeness (QED) is 0.442. The summed E-state index contributed by atoms with van der Waals surface area (Å²) in [7, 11) is 1.74. The molecule has 1 heterocycles. The zero-order chi connectivity index (χ0) is 22.9. The van der Waals surface area contributed by atoms with E-state index in [1.165, 1.54) is 0 Å². The second kappa shape index (κ2) is 12.0. The van der Waals surface area contributed by atoms with Gasteiger partial charge in [0.25, 0.3) is 5.91 Å². The normalized spacial score (nSPS) is 15.1. The molecule has 1 aliphatic heterocycles. The van der Waals surface area contributed by atoms with Crippen LogP contribution in [0.5, 0.6) is 0 Å². The Balaban J connectivity index is 1.87. The number of aliphatic imine (C=N–C) groups is 1. The second-order valence-electron chi connectivity index (χ2n) is 7.76. The van der Waals surface area contributed by atoms with Crippen LogP contribution in [0, 0.1) is 0 Å². The molecule has 32 heavy (non-hydrogen) atoms. The minimum Gasteiger partial charge on any atom is -0.383 e. The van der Waals surface area contributed by atoms with E-state index in [0.717, 1.165) is 56.4 Å². The molecule has 3 rings (SSSR count). The zero-order valence-corrected chi connectivity index (χ0v) is 20.0. The first kappa shape index (κ1) is 24.2. The van der Waals surface area contributed by atoms with Crippen LogP contribution in [0.25, 0.3) is 0 Å². The number of methoxy groups -OCH3 is 1. The molecule has 2 aromatic rings. The molecule has 0 saturated carbocycles. The molecule has 1 fully saturated rings. The van der Waals surface area contributed by atoms with Crippen molar-refractivity contribution < 1.29 is 9.53 Å². The molecule has 1 amide bonds. The lowest BCUT2D eigenvalue weighted by molar-refractivity contribution is 0.0773. The van der Waals surface area contributed by atoms with E-state index in [1.54, 1.807) is 7.11 Å². The number of ether oxygens (including phenoxy) is 1. The maximum Gasteiger partial charge on any atom is 0.253 e. The summed E-state index contributed by atoms with van der Waals surface area (Å²) in [5, 5.41) is 0.622. The lowest BCUT2D eigenvalue weighted by Crippen LogP contribution is -2.49. The SMILES string of the molecule is CCN(CC)C(=O)c1ccc(/C(=N/c2ccccc2Cl)N2CCN(CCOC)CC2)cc1. The van der Waals surface area contributed by atoms with E-state index in [9.17, 15) is 4.79 Å². The topological polar surface area (TPSA) is 48.4 Å². The molecule has 0 unspecified atom stereocenters. The van der Waals surface area contributed by atoms with Crippen LogP contribution in [-0.2, 0) is 4.74 Å². The molecule has 7 heteroatoms. The van der Waals surface area contributed by atoms with Crippen LogP contribution in [-0.4, -0.2) is 86.0 Å². The molecular formula is C25H33ClN4O2. The van der Waals surface area contributed by atoms with Gasteiger partial charge in [0.05, 0.1) is 17.3 Å². The summed E-state index contributed by atoms with van der Waals surface area (Å²) in [5.41, 5.74) is 2.42. The Hall–Kier alpha value is -2.41. The number of halogens is 1. The summed E-state index contributed by atoms with van der Waals surface area (Å²) in [6.45, 7) is 10.7. The molecular weight excluding hydrogens is 424 g/mol. The van der Waals surface area contributed by atoms with E-state index in [4.69, 9.17) is 21.3 Å². The van der Waals surface area contributed by atoms with Crippen LogP contribution >= 0.6 is 11.6 Å². The van der Waals surface area contributed by atoms with Crippen LogP contribution in [0.2, 0.25) is 5.02 Å². The predicted molar refractivity (Wildman–Crippen MR) is 131 cm³/mol. The number of carbonyl (C=O) groups excluding carboxylic acids is 1. The Labute approximate surface area is 196 Å². The van der Waals surface area contributed by atoms with Crippen LogP contribution in [0.1, 0.15) is 29.8 Å². The van der Waals surface area contributed by atoms with E-state index >= 15 is 0 Å². The smallest absolute Gasteiger partial charge is 0.253 e. The van der Waals surface area contributed by atoms with Gasteiger partial charge < -0.3 is 14.5 Å². The van der Waals surface area contributed by atoms with Crippen molar-refractivity contribution in [1.29, 1.82) is 0 Å². The second-order valence-corrected chi connectivity index (χ2v) is 8.17. The molecule has 6 nitrogen and oxygen atoms in total. The van der Waals surface area contributed by atoms with Crippen molar-refractivity contribution in [2.45, 2.75) is 13.8 Å². The fourth-order valence-electron chi connectivity index (χ4n) is 3.83. The fraction of sp³-hybridized carbons (Fsp3) is 0.440. The maximum absolute atomic E-state index is 12.7. The van der Waals surface area contributed by atoms with Crippen LogP contribution < -0.4 is 0 Å². The maximum atomic E-state index is 12.7. The average Bonchev–Trinajstić information content (AvgIpc) is 2.83. The van der Waals surface area contributed by atoms with Crippen LogP contribution in [0.4, 0.5) is 5.69 Å². The van der Waals surface area contributed by atoms with Gasteiger partial charge >= 0.3 is 0 Å². The zero-order valence-electron chi connectivity index (χ0n) is 19.3. The first-order valence-corrected chi connectivity index (χ1v) is 11.6. The van der Waals surface area contributed by atoms with Gasteiger partial charge in [-0.15, -0.1) is 0 Å². The highest BCUT2D eigenvalue weighted by atomic mass is 35.5. The van der Waals surface area contributed by atoms with Crippen molar-refractivity contribution in [1.82, 2.24) is 14.7 Å². The molecule has 1 saturated heterocycles. The van der Waals surface area contributed by atoms with E-state index in [0.29, 0.717) is 23.7 Å². The van der Waals surface area contributed by atoms with Gasteiger partial charge in [-0.25, -0.2) is 4.99 Å². The first-order valence-electron chi connectivity index (χ1n) is 11.3. The highest BCUT2D eigenvalue weighted by molar-refractivity contribution is 6.33. The Morgan fingerprint density at radius 1 is 1.00 bits per heavy atom. The summed E-state index contributed by atoms with van der Waals surface area (Å²) >= 11 is 6.41. The van der Waals surface area contributed by atoms with E-state index in [2.05, 4.69) is 9.80 Å². The lowest BCUT2D eigenvalue weighted by Gasteiger charge is -2.36. The summed E-state index contributed by atoms with van der Waals surface area (Å²) < 4.78 is 5.22. The van der Waals surface area contributed by atoms with Gasteiger partial charge in [0.1, 0.15) is 5.84 Å². The number of para-hydroxylation sites is 1.